The van der Waals surface area contributed by atoms with Gasteiger partial charge in [0.05, 0.1) is 6.33 Å². The molecule has 226 valence electrons. The molecule has 17 heteroatoms. The maximum Gasteiger partial charge on any atom is 0.490 e. The normalized spacial score (nSPS) is 12.1. The summed E-state index contributed by atoms with van der Waals surface area (Å²) in [5.74, 6) is -3.12. The fourth-order valence-corrected chi connectivity index (χ4v) is 6.39. The molecule has 0 saturated carbocycles. The quantitative estimate of drug-likeness (QED) is 0.224. The van der Waals surface area contributed by atoms with E-state index in [4.69, 9.17) is 9.90 Å². The Balaban J connectivity index is 0.000000616. The lowest BCUT2D eigenvalue weighted by Crippen LogP contribution is -2.21. The van der Waals surface area contributed by atoms with Crippen molar-refractivity contribution in [1.29, 1.82) is 0 Å². The van der Waals surface area contributed by atoms with Crippen molar-refractivity contribution in [2.45, 2.75) is 43.4 Å². The van der Waals surface area contributed by atoms with Gasteiger partial charge in [0.1, 0.15) is 9.90 Å². The number of aliphatic carboxylic acids is 1. The van der Waals surface area contributed by atoms with Crippen molar-refractivity contribution < 1.29 is 44.7 Å². The van der Waals surface area contributed by atoms with Crippen molar-refractivity contribution >= 4 is 33.3 Å². The Morgan fingerprint density at radius 3 is 2.36 bits per heavy atom. The third-order valence-electron chi connectivity index (χ3n) is 5.18. The first-order chi connectivity index (χ1) is 19.5. The van der Waals surface area contributed by atoms with Gasteiger partial charge < -0.3 is 9.67 Å². The molecular formula is C25H23F6N5O4S2. The van der Waals surface area contributed by atoms with Gasteiger partial charge in [-0.3, -0.25) is 0 Å². The van der Waals surface area contributed by atoms with Crippen LogP contribution in [0.25, 0.3) is 11.1 Å². The molecule has 1 aromatic carbocycles. The summed E-state index contributed by atoms with van der Waals surface area (Å²) in [5, 5.41) is 7.12. The highest BCUT2D eigenvalue weighted by molar-refractivity contribution is 7.94. The van der Waals surface area contributed by atoms with Crippen LogP contribution in [0, 0.1) is 5.92 Å². The molecule has 0 aliphatic heterocycles. The van der Waals surface area contributed by atoms with E-state index >= 15 is 0 Å². The molecule has 0 aliphatic carbocycles. The molecule has 0 fully saturated rings. The van der Waals surface area contributed by atoms with Crippen LogP contribution in [-0.2, 0) is 34.0 Å². The van der Waals surface area contributed by atoms with Crippen molar-refractivity contribution in [2.24, 2.45) is 5.92 Å². The second kappa shape index (κ2) is 12.9. The van der Waals surface area contributed by atoms with Gasteiger partial charge in [-0.2, -0.15) is 26.3 Å². The van der Waals surface area contributed by atoms with E-state index < -0.39 is 40.0 Å². The van der Waals surface area contributed by atoms with Crippen molar-refractivity contribution in [1.82, 2.24) is 19.5 Å². The van der Waals surface area contributed by atoms with Gasteiger partial charge in [-0.1, -0.05) is 32.0 Å². The van der Waals surface area contributed by atoms with Gasteiger partial charge >= 0.3 is 18.3 Å². The number of alkyl halides is 6. The summed E-state index contributed by atoms with van der Waals surface area (Å²) >= 11 is 1.09. The molecule has 0 aliphatic rings. The average molecular weight is 636 g/mol. The van der Waals surface area contributed by atoms with Crippen LogP contribution in [0.2, 0.25) is 0 Å². The number of rotatable bonds is 8. The van der Waals surface area contributed by atoms with Crippen LogP contribution in [0.1, 0.15) is 30.0 Å². The fourth-order valence-electron chi connectivity index (χ4n) is 3.49. The summed E-state index contributed by atoms with van der Waals surface area (Å²) in [6.07, 6.45) is -3.10. The number of carbonyl (C=O) groups is 1. The van der Waals surface area contributed by atoms with E-state index in [1.165, 1.54) is 0 Å². The number of aromatic nitrogens is 4. The largest absolute Gasteiger partial charge is 0.490 e. The SMILES string of the molecule is CC(C)Cc1cc(-c2cccc(Cn3ccnc3)c2)c(S(=O)(=O)Nc2nccc(C(F)(F)F)n2)s1.O=C(O)C(F)(F)F. The Labute approximate surface area is 240 Å². The predicted octanol–water partition coefficient (Wildman–Crippen LogP) is 6.10. The molecule has 0 bridgehead atoms. The number of imidazole rings is 1. The van der Waals surface area contributed by atoms with E-state index in [9.17, 15) is 34.8 Å². The van der Waals surface area contributed by atoms with Crippen LogP contribution < -0.4 is 4.72 Å². The molecule has 4 rings (SSSR count). The van der Waals surface area contributed by atoms with Gasteiger partial charge in [0.15, 0.2) is 0 Å². The van der Waals surface area contributed by atoms with Gasteiger partial charge in [-0.05, 0) is 41.7 Å². The number of sulfonamides is 1. The van der Waals surface area contributed by atoms with Gasteiger partial charge in [-0.25, -0.2) is 32.9 Å². The molecule has 0 atom stereocenters. The molecule has 0 saturated heterocycles. The molecule has 2 N–H and O–H groups in total. The Hall–Kier alpha value is -3.99. The van der Waals surface area contributed by atoms with Crippen LogP contribution >= 0.6 is 11.3 Å². The zero-order valence-electron chi connectivity index (χ0n) is 21.8. The van der Waals surface area contributed by atoms with Crippen LogP contribution in [0.5, 0.6) is 0 Å². The summed E-state index contributed by atoms with van der Waals surface area (Å²) in [6.45, 7) is 4.59. The molecule has 0 unspecified atom stereocenters. The summed E-state index contributed by atoms with van der Waals surface area (Å²) in [4.78, 5) is 20.8. The number of anilines is 1. The lowest BCUT2D eigenvalue weighted by molar-refractivity contribution is -0.192. The van der Waals surface area contributed by atoms with E-state index in [1.807, 2.05) is 48.9 Å². The first-order valence-corrected chi connectivity index (χ1v) is 14.2. The van der Waals surface area contributed by atoms with Gasteiger partial charge in [0.2, 0.25) is 5.95 Å². The molecular weight excluding hydrogens is 612 g/mol. The Kier molecular flexibility index (Phi) is 9.98. The smallest absolute Gasteiger partial charge is 0.475 e. The van der Waals surface area contributed by atoms with Crippen LogP contribution in [-0.4, -0.2) is 45.2 Å². The number of thiophene rings is 1. The van der Waals surface area contributed by atoms with Gasteiger partial charge in [-0.15, -0.1) is 11.3 Å². The van der Waals surface area contributed by atoms with Gasteiger partial charge in [0, 0.05) is 35.6 Å². The summed E-state index contributed by atoms with van der Waals surface area (Å²) in [6, 6.07) is 9.96. The third-order valence-corrected chi connectivity index (χ3v) is 8.20. The van der Waals surface area contributed by atoms with Crippen molar-refractivity contribution in [3.05, 3.63) is 77.5 Å². The summed E-state index contributed by atoms with van der Waals surface area (Å²) < 4.78 is 101. The lowest BCUT2D eigenvalue weighted by atomic mass is 10.0. The standard InChI is InChI=1S/C23H22F3N5O2S2.C2HF3O2/c1-15(2)10-18-12-19(17-5-3-4-16(11-17)13-31-9-8-27-14-31)21(34-18)35(32,33)30-22-28-7-6-20(29-22)23(24,25)26;3-2(4,5)1(6)7/h3-9,11-12,14-15H,10,13H2,1-2H3,(H,28,29,30);(H,6,7). The second-order valence-electron chi connectivity index (χ2n) is 9.12. The van der Waals surface area contributed by atoms with Crippen molar-refractivity contribution in [3.8, 4) is 11.1 Å². The highest BCUT2D eigenvalue weighted by Gasteiger charge is 2.38. The molecule has 42 heavy (non-hydrogen) atoms. The topological polar surface area (TPSA) is 127 Å². The zero-order valence-corrected chi connectivity index (χ0v) is 23.4. The van der Waals surface area contributed by atoms with E-state index in [0.29, 0.717) is 30.2 Å². The maximum absolute atomic E-state index is 13.3. The molecule has 3 heterocycles. The van der Waals surface area contributed by atoms with E-state index in [2.05, 4.69) is 19.7 Å². The fraction of sp³-hybridized carbons (Fsp3) is 0.280. The van der Waals surface area contributed by atoms with Gasteiger partial charge in [0.25, 0.3) is 10.0 Å². The molecule has 0 radical (unpaired) electrons. The number of hydrogen-bond acceptors (Lipinski definition) is 7. The number of carboxylic acids is 1. The lowest BCUT2D eigenvalue weighted by Gasteiger charge is -2.10. The minimum Gasteiger partial charge on any atom is -0.475 e. The first kappa shape index (κ1) is 32.5. The summed E-state index contributed by atoms with van der Waals surface area (Å²) in [5.41, 5.74) is 0.857. The number of hydrogen-bond donors (Lipinski definition) is 2. The Morgan fingerprint density at radius 2 is 1.79 bits per heavy atom. The maximum atomic E-state index is 13.3. The highest BCUT2D eigenvalue weighted by Crippen LogP contribution is 2.37. The molecule has 9 nitrogen and oxygen atoms in total. The minimum absolute atomic E-state index is 0.00561. The second-order valence-corrected chi connectivity index (χ2v) is 12.1. The number of benzene rings is 1. The van der Waals surface area contributed by atoms with Crippen LogP contribution in [0.15, 0.2) is 65.5 Å². The minimum atomic E-state index is -5.08. The zero-order chi connectivity index (χ0) is 31.3. The third kappa shape index (κ3) is 9.01. The van der Waals surface area contributed by atoms with Crippen molar-refractivity contribution in [3.63, 3.8) is 0 Å². The Morgan fingerprint density at radius 1 is 1.10 bits per heavy atom. The van der Waals surface area contributed by atoms with Crippen molar-refractivity contribution in [2.75, 3.05) is 4.72 Å². The Bertz CT molecular complexity index is 1620. The number of carboxylic acid groups (broad SMARTS) is 1. The van der Waals surface area contributed by atoms with E-state index in [-0.39, 0.29) is 10.1 Å². The molecule has 3 aromatic heterocycles. The number of halogens is 6. The van der Waals surface area contributed by atoms with Crippen LogP contribution in [0.3, 0.4) is 0 Å². The van der Waals surface area contributed by atoms with E-state index in [0.717, 1.165) is 28.0 Å². The van der Waals surface area contributed by atoms with Crippen LogP contribution in [0.4, 0.5) is 32.3 Å². The molecule has 0 amide bonds. The first-order valence-electron chi connectivity index (χ1n) is 11.9. The summed E-state index contributed by atoms with van der Waals surface area (Å²) in [7, 11) is -4.27. The molecule has 4 aromatic rings. The molecule has 0 spiro atoms. The highest BCUT2D eigenvalue weighted by atomic mass is 32.2. The number of nitrogens with one attached hydrogen (secondary N) is 1. The van der Waals surface area contributed by atoms with E-state index in [1.54, 1.807) is 18.6 Å². The monoisotopic (exact) mass is 635 g/mol. The predicted molar refractivity (Wildman–Crippen MR) is 141 cm³/mol. The number of nitrogens with zero attached hydrogens (tertiary/aromatic N) is 4. The average Bonchev–Trinajstić information content (AvgIpc) is 3.53.